The van der Waals surface area contributed by atoms with Gasteiger partial charge in [-0.1, -0.05) is 48.5 Å². The number of nitrogens with one attached hydrogen (secondary N) is 1. The van der Waals surface area contributed by atoms with E-state index in [0.717, 1.165) is 5.56 Å². The Morgan fingerprint density at radius 1 is 0.897 bits per heavy atom. The molecule has 0 aliphatic rings. The third kappa shape index (κ3) is 5.36. The van der Waals surface area contributed by atoms with Gasteiger partial charge in [-0.2, -0.15) is 0 Å². The highest BCUT2D eigenvalue weighted by atomic mass is 32.2. The van der Waals surface area contributed by atoms with Crippen molar-refractivity contribution in [2.75, 3.05) is 18.0 Å². The van der Waals surface area contributed by atoms with Gasteiger partial charge in [0.05, 0.1) is 10.6 Å². The first-order valence-electron chi connectivity index (χ1n) is 9.04. The van der Waals surface area contributed by atoms with Crippen LogP contribution in [0.15, 0.2) is 89.8 Å². The number of benzene rings is 3. The third-order valence-electron chi connectivity index (χ3n) is 4.30. The van der Waals surface area contributed by atoms with Gasteiger partial charge in [0, 0.05) is 13.6 Å². The second kappa shape index (κ2) is 9.25. The lowest BCUT2D eigenvalue weighted by Crippen LogP contribution is -2.28. The number of rotatable bonds is 8. The van der Waals surface area contributed by atoms with Crippen LogP contribution in [0, 0.1) is 0 Å². The zero-order valence-electron chi connectivity index (χ0n) is 16.0. The molecule has 1 N–H and O–H groups in total. The SMILES string of the molecule is CN(c1ccc(OCC(=O)NCc2ccccc2)cc1)S(=O)(=O)c1ccccc1. The summed E-state index contributed by atoms with van der Waals surface area (Å²) in [6.45, 7) is 0.314. The van der Waals surface area contributed by atoms with Crippen LogP contribution < -0.4 is 14.4 Å². The number of sulfonamides is 1. The molecule has 1 amide bonds. The smallest absolute Gasteiger partial charge is 0.264 e. The summed E-state index contributed by atoms with van der Waals surface area (Å²) in [5.41, 5.74) is 1.50. The molecule has 0 aromatic heterocycles. The summed E-state index contributed by atoms with van der Waals surface area (Å²) >= 11 is 0. The topological polar surface area (TPSA) is 75.7 Å². The van der Waals surface area contributed by atoms with Crippen molar-refractivity contribution in [2.24, 2.45) is 0 Å². The second-order valence-electron chi connectivity index (χ2n) is 6.33. The summed E-state index contributed by atoms with van der Waals surface area (Å²) in [6.07, 6.45) is 0. The largest absolute Gasteiger partial charge is 0.484 e. The lowest BCUT2D eigenvalue weighted by Gasteiger charge is -2.19. The molecule has 0 saturated carbocycles. The van der Waals surface area contributed by atoms with E-state index in [1.165, 1.54) is 11.4 Å². The van der Waals surface area contributed by atoms with E-state index >= 15 is 0 Å². The Morgan fingerprint density at radius 3 is 2.10 bits per heavy atom. The predicted octanol–water partition coefficient (Wildman–Crippen LogP) is 3.21. The first-order valence-corrected chi connectivity index (χ1v) is 10.5. The predicted molar refractivity (Wildman–Crippen MR) is 112 cm³/mol. The Morgan fingerprint density at radius 2 is 1.48 bits per heavy atom. The Balaban J connectivity index is 1.55. The zero-order valence-corrected chi connectivity index (χ0v) is 16.8. The summed E-state index contributed by atoms with van der Waals surface area (Å²) in [4.78, 5) is 12.1. The lowest BCUT2D eigenvalue weighted by molar-refractivity contribution is -0.123. The maximum atomic E-state index is 12.7. The number of anilines is 1. The van der Waals surface area contributed by atoms with Gasteiger partial charge in [-0.25, -0.2) is 8.42 Å². The summed E-state index contributed by atoms with van der Waals surface area (Å²) in [7, 11) is -2.14. The van der Waals surface area contributed by atoms with E-state index in [-0.39, 0.29) is 17.4 Å². The van der Waals surface area contributed by atoms with Crippen molar-refractivity contribution in [3.63, 3.8) is 0 Å². The van der Waals surface area contributed by atoms with Gasteiger partial charge >= 0.3 is 0 Å². The Labute approximate surface area is 170 Å². The second-order valence-corrected chi connectivity index (χ2v) is 8.30. The van der Waals surface area contributed by atoms with Gasteiger partial charge < -0.3 is 10.1 Å². The van der Waals surface area contributed by atoms with Crippen LogP contribution in [-0.2, 0) is 21.4 Å². The summed E-state index contributed by atoms with van der Waals surface area (Å²) in [5, 5.41) is 2.79. The minimum atomic E-state index is -3.64. The number of carbonyl (C=O) groups is 1. The number of carbonyl (C=O) groups excluding carboxylic acids is 1. The van der Waals surface area contributed by atoms with Crippen LogP contribution in [0.4, 0.5) is 5.69 Å². The Kier molecular flexibility index (Phi) is 6.51. The molecule has 0 radical (unpaired) electrons. The molecule has 29 heavy (non-hydrogen) atoms. The quantitative estimate of drug-likeness (QED) is 0.619. The molecule has 0 atom stereocenters. The maximum absolute atomic E-state index is 12.7. The van der Waals surface area contributed by atoms with Gasteiger partial charge in [-0.05, 0) is 42.0 Å². The standard InChI is InChI=1S/C22H22N2O4S/c1-24(29(26,27)21-10-6-3-7-11-21)19-12-14-20(15-13-19)28-17-22(25)23-16-18-8-4-2-5-9-18/h2-15H,16-17H2,1H3,(H,23,25). The van der Waals surface area contributed by atoms with Gasteiger partial charge in [-0.15, -0.1) is 0 Å². The van der Waals surface area contributed by atoms with Crippen molar-refractivity contribution in [3.8, 4) is 5.75 Å². The van der Waals surface area contributed by atoms with E-state index in [9.17, 15) is 13.2 Å². The fraction of sp³-hybridized carbons (Fsp3) is 0.136. The van der Waals surface area contributed by atoms with Gasteiger partial charge in [0.25, 0.3) is 15.9 Å². The molecule has 3 aromatic rings. The summed E-state index contributed by atoms with van der Waals surface area (Å²) < 4.78 is 32.0. The molecule has 3 aromatic carbocycles. The van der Waals surface area contributed by atoms with Crippen molar-refractivity contribution in [3.05, 3.63) is 90.5 Å². The Bertz CT molecular complexity index is 1040. The van der Waals surface area contributed by atoms with Crippen molar-refractivity contribution in [1.29, 1.82) is 0 Å². The molecule has 0 bridgehead atoms. The molecule has 6 nitrogen and oxygen atoms in total. The molecule has 0 spiro atoms. The monoisotopic (exact) mass is 410 g/mol. The minimum absolute atomic E-state index is 0.121. The van der Waals surface area contributed by atoms with Crippen LogP contribution in [-0.4, -0.2) is 28.0 Å². The molecule has 0 aliphatic heterocycles. The molecule has 0 fully saturated rings. The molecule has 0 saturated heterocycles. The number of nitrogens with zero attached hydrogens (tertiary/aromatic N) is 1. The highest BCUT2D eigenvalue weighted by molar-refractivity contribution is 7.92. The van der Waals surface area contributed by atoms with Gasteiger partial charge in [0.1, 0.15) is 5.75 Å². The van der Waals surface area contributed by atoms with E-state index in [1.807, 2.05) is 30.3 Å². The Hall–Kier alpha value is -3.32. The van der Waals surface area contributed by atoms with E-state index in [2.05, 4.69) is 5.32 Å². The zero-order chi connectivity index (χ0) is 20.7. The van der Waals surface area contributed by atoms with Crippen molar-refractivity contribution in [1.82, 2.24) is 5.32 Å². The fourth-order valence-corrected chi connectivity index (χ4v) is 3.85. The van der Waals surface area contributed by atoms with Gasteiger partial charge in [-0.3, -0.25) is 9.10 Å². The van der Waals surface area contributed by atoms with Crippen LogP contribution in [0.5, 0.6) is 5.75 Å². The molecule has 0 unspecified atom stereocenters. The number of hydrogen-bond acceptors (Lipinski definition) is 4. The molecule has 0 aliphatic carbocycles. The highest BCUT2D eigenvalue weighted by Crippen LogP contribution is 2.24. The number of ether oxygens (including phenoxy) is 1. The van der Waals surface area contributed by atoms with Gasteiger partial charge in [0.2, 0.25) is 0 Å². The molecule has 0 heterocycles. The van der Waals surface area contributed by atoms with Crippen LogP contribution in [0.2, 0.25) is 0 Å². The van der Waals surface area contributed by atoms with Crippen LogP contribution in [0.3, 0.4) is 0 Å². The maximum Gasteiger partial charge on any atom is 0.264 e. The molecular formula is C22H22N2O4S. The van der Waals surface area contributed by atoms with Crippen molar-refractivity contribution >= 4 is 21.6 Å². The average Bonchev–Trinajstić information content (AvgIpc) is 2.77. The molecular weight excluding hydrogens is 388 g/mol. The van der Waals surface area contributed by atoms with E-state index in [4.69, 9.17) is 4.74 Å². The van der Waals surface area contributed by atoms with E-state index < -0.39 is 10.0 Å². The lowest BCUT2D eigenvalue weighted by atomic mass is 10.2. The van der Waals surface area contributed by atoms with Crippen LogP contribution in [0.25, 0.3) is 0 Å². The first kappa shape index (κ1) is 20.4. The minimum Gasteiger partial charge on any atom is -0.484 e. The third-order valence-corrected chi connectivity index (χ3v) is 6.10. The van der Waals surface area contributed by atoms with E-state index in [1.54, 1.807) is 54.6 Å². The highest BCUT2D eigenvalue weighted by Gasteiger charge is 2.20. The van der Waals surface area contributed by atoms with Crippen molar-refractivity contribution < 1.29 is 17.9 Å². The molecule has 150 valence electrons. The van der Waals surface area contributed by atoms with E-state index in [0.29, 0.717) is 18.0 Å². The van der Waals surface area contributed by atoms with Crippen LogP contribution >= 0.6 is 0 Å². The van der Waals surface area contributed by atoms with Crippen molar-refractivity contribution in [2.45, 2.75) is 11.4 Å². The first-order chi connectivity index (χ1) is 14.0. The average molecular weight is 410 g/mol. The fourth-order valence-electron chi connectivity index (χ4n) is 2.64. The number of amides is 1. The van der Waals surface area contributed by atoms with Crippen LogP contribution in [0.1, 0.15) is 5.56 Å². The van der Waals surface area contributed by atoms with Gasteiger partial charge in [0.15, 0.2) is 6.61 Å². The number of hydrogen-bond donors (Lipinski definition) is 1. The normalized spacial score (nSPS) is 10.9. The summed E-state index contributed by atoms with van der Waals surface area (Å²) in [5.74, 6) is 0.246. The molecule has 7 heteroatoms. The molecule has 3 rings (SSSR count). The summed E-state index contributed by atoms with van der Waals surface area (Å²) in [6, 6.07) is 24.4.